The van der Waals surface area contributed by atoms with Crippen LogP contribution < -0.4 is 10.6 Å². The van der Waals surface area contributed by atoms with Crippen molar-refractivity contribution < 1.29 is 9.32 Å². The van der Waals surface area contributed by atoms with Gasteiger partial charge in [-0.25, -0.2) is 0 Å². The van der Waals surface area contributed by atoms with E-state index in [1.807, 2.05) is 6.07 Å². The van der Waals surface area contributed by atoms with Crippen molar-refractivity contribution in [2.45, 2.75) is 13.3 Å². The average Bonchev–Trinajstić information content (AvgIpc) is 2.84. The second-order valence-electron chi connectivity index (χ2n) is 4.24. The molecule has 0 aliphatic heterocycles. The van der Waals surface area contributed by atoms with Gasteiger partial charge in [0, 0.05) is 24.7 Å². The molecule has 0 aliphatic rings. The predicted octanol–water partition coefficient (Wildman–Crippen LogP) is 2.30. The van der Waals surface area contributed by atoms with Gasteiger partial charge in [0.15, 0.2) is 5.82 Å². The van der Waals surface area contributed by atoms with Crippen molar-refractivity contribution >= 4 is 17.4 Å². The lowest BCUT2D eigenvalue weighted by Crippen LogP contribution is -2.16. The Morgan fingerprint density at radius 3 is 3.00 bits per heavy atom. The van der Waals surface area contributed by atoms with Crippen LogP contribution in [0.5, 0.6) is 0 Å². The van der Waals surface area contributed by atoms with E-state index in [9.17, 15) is 4.79 Å². The summed E-state index contributed by atoms with van der Waals surface area (Å²) in [7, 11) is 0. The summed E-state index contributed by atoms with van der Waals surface area (Å²) in [6.07, 6.45) is 0.294. The molecule has 0 unspecified atom stereocenters. The van der Waals surface area contributed by atoms with Gasteiger partial charge in [-0.3, -0.25) is 4.79 Å². The second kappa shape index (κ2) is 6.38. The number of nitrogens with zero attached hydrogens (tertiary/aromatic N) is 2. The predicted molar refractivity (Wildman–Crippen MR) is 74.1 cm³/mol. The first-order valence-electron chi connectivity index (χ1n) is 6.14. The lowest BCUT2D eigenvalue weighted by atomic mass is 10.2. The van der Waals surface area contributed by atoms with E-state index in [0.29, 0.717) is 35.8 Å². The number of nitriles is 1. The van der Waals surface area contributed by atoms with Crippen molar-refractivity contribution in [1.29, 1.82) is 5.26 Å². The van der Waals surface area contributed by atoms with Crippen molar-refractivity contribution in [1.82, 2.24) is 5.16 Å². The van der Waals surface area contributed by atoms with Gasteiger partial charge in [-0.15, -0.1) is 0 Å². The molecule has 1 amide bonds. The summed E-state index contributed by atoms with van der Waals surface area (Å²) in [5, 5.41) is 18.3. The molecule has 6 nitrogen and oxygen atoms in total. The molecule has 6 heteroatoms. The molecule has 0 bridgehead atoms. The summed E-state index contributed by atoms with van der Waals surface area (Å²) in [6, 6.07) is 10.6. The van der Waals surface area contributed by atoms with Crippen molar-refractivity contribution in [3.05, 3.63) is 41.7 Å². The highest BCUT2D eigenvalue weighted by molar-refractivity contribution is 5.91. The third kappa shape index (κ3) is 3.85. The highest BCUT2D eigenvalue weighted by Crippen LogP contribution is 2.10. The van der Waals surface area contributed by atoms with Gasteiger partial charge in [-0.1, -0.05) is 11.2 Å². The zero-order valence-electron chi connectivity index (χ0n) is 11.0. The van der Waals surface area contributed by atoms with Crippen LogP contribution in [0.3, 0.4) is 0 Å². The van der Waals surface area contributed by atoms with Crippen LogP contribution in [0.4, 0.5) is 11.5 Å². The number of nitrogens with one attached hydrogen (secondary N) is 2. The number of rotatable bonds is 5. The normalized spacial score (nSPS) is 9.80. The number of carbonyl (C=O) groups is 1. The van der Waals surface area contributed by atoms with Gasteiger partial charge in [0.1, 0.15) is 5.76 Å². The van der Waals surface area contributed by atoms with E-state index >= 15 is 0 Å². The molecule has 2 aromatic rings. The van der Waals surface area contributed by atoms with E-state index in [-0.39, 0.29) is 5.91 Å². The number of benzene rings is 1. The van der Waals surface area contributed by atoms with E-state index in [2.05, 4.69) is 15.8 Å². The molecule has 0 saturated carbocycles. The van der Waals surface area contributed by atoms with Crippen LogP contribution in [0.1, 0.15) is 17.7 Å². The van der Waals surface area contributed by atoms with E-state index in [1.54, 1.807) is 37.3 Å². The molecular formula is C14H14N4O2. The Hall–Kier alpha value is -2.81. The minimum Gasteiger partial charge on any atom is -0.367 e. The summed E-state index contributed by atoms with van der Waals surface area (Å²) in [5.74, 6) is 1.19. The van der Waals surface area contributed by atoms with Gasteiger partial charge in [-0.2, -0.15) is 5.26 Å². The van der Waals surface area contributed by atoms with Crippen LogP contribution in [0, 0.1) is 18.3 Å². The standard InChI is InChI=1S/C14H14N4O2/c1-10-7-13(18-20-10)16-6-5-14(19)17-12-4-2-3-11(8-12)9-15/h2-4,7-8H,5-6H2,1H3,(H,16,18)(H,17,19). The fourth-order valence-corrected chi connectivity index (χ4v) is 1.64. The second-order valence-corrected chi connectivity index (χ2v) is 4.24. The van der Waals surface area contributed by atoms with Crippen LogP contribution in [0.15, 0.2) is 34.9 Å². The molecule has 20 heavy (non-hydrogen) atoms. The maximum absolute atomic E-state index is 11.7. The highest BCUT2D eigenvalue weighted by atomic mass is 16.5. The van der Waals surface area contributed by atoms with E-state index in [4.69, 9.17) is 9.78 Å². The van der Waals surface area contributed by atoms with Gasteiger partial charge in [0.2, 0.25) is 5.91 Å². The van der Waals surface area contributed by atoms with Gasteiger partial charge < -0.3 is 15.2 Å². The Labute approximate surface area is 116 Å². The number of anilines is 2. The van der Waals surface area contributed by atoms with Crippen molar-refractivity contribution in [2.75, 3.05) is 17.2 Å². The monoisotopic (exact) mass is 270 g/mol. The van der Waals surface area contributed by atoms with E-state index in [0.717, 1.165) is 0 Å². The molecule has 0 fully saturated rings. The zero-order chi connectivity index (χ0) is 14.4. The lowest BCUT2D eigenvalue weighted by Gasteiger charge is -2.05. The molecule has 0 aliphatic carbocycles. The summed E-state index contributed by atoms with van der Waals surface area (Å²) >= 11 is 0. The molecule has 1 aromatic heterocycles. The lowest BCUT2D eigenvalue weighted by molar-refractivity contribution is -0.115. The molecular weight excluding hydrogens is 256 g/mol. The SMILES string of the molecule is Cc1cc(NCCC(=O)Nc2cccc(C#N)c2)no1. The summed E-state index contributed by atoms with van der Waals surface area (Å²) in [5.41, 5.74) is 1.13. The Bertz CT molecular complexity index is 643. The maximum Gasteiger partial charge on any atom is 0.226 e. The first kappa shape index (κ1) is 13.6. The summed E-state index contributed by atoms with van der Waals surface area (Å²) in [4.78, 5) is 11.7. The van der Waals surface area contributed by atoms with Gasteiger partial charge in [-0.05, 0) is 25.1 Å². The summed E-state index contributed by atoms with van der Waals surface area (Å²) in [6.45, 7) is 2.25. The fourth-order valence-electron chi connectivity index (χ4n) is 1.64. The molecule has 102 valence electrons. The first-order chi connectivity index (χ1) is 9.67. The minimum absolute atomic E-state index is 0.132. The fraction of sp³-hybridized carbons (Fsp3) is 0.214. The highest BCUT2D eigenvalue weighted by Gasteiger charge is 2.04. The smallest absolute Gasteiger partial charge is 0.226 e. The Kier molecular flexibility index (Phi) is 4.35. The molecule has 0 saturated heterocycles. The Morgan fingerprint density at radius 1 is 1.45 bits per heavy atom. The number of aromatic nitrogens is 1. The molecule has 2 rings (SSSR count). The number of aryl methyl sites for hydroxylation is 1. The van der Waals surface area contributed by atoms with Gasteiger partial charge >= 0.3 is 0 Å². The quantitative estimate of drug-likeness (QED) is 0.869. The Morgan fingerprint density at radius 2 is 2.30 bits per heavy atom. The van der Waals surface area contributed by atoms with Crippen LogP contribution in [0.25, 0.3) is 0 Å². The first-order valence-corrected chi connectivity index (χ1v) is 6.14. The molecule has 0 radical (unpaired) electrons. The number of hydrogen-bond donors (Lipinski definition) is 2. The summed E-state index contributed by atoms with van der Waals surface area (Å²) < 4.78 is 4.90. The van der Waals surface area contributed by atoms with Crippen molar-refractivity contribution in [3.8, 4) is 6.07 Å². The van der Waals surface area contributed by atoms with E-state index < -0.39 is 0 Å². The zero-order valence-corrected chi connectivity index (χ0v) is 11.0. The number of hydrogen-bond acceptors (Lipinski definition) is 5. The molecule has 2 N–H and O–H groups in total. The van der Waals surface area contributed by atoms with Gasteiger partial charge in [0.05, 0.1) is 11.6 Å². The minimum atomic E-state index is -0.132. The van der Waals surface area contributed by atoms with Crippen LogP contribution in [-0.2, 0) is 4.79 Å². The molecule has 0 atom stereocenters. The Balaban J connectivity index is 1.79. The number of carbonyl (C=O) groups excluding carboxylic acids is 1. The third-order valence-corrected chi connectivity index (χ3v) is 2.56. The maximum atomic E-state index is 11.7. The van der Waals surface area contributed by atoms with Crippen LogP contribution >= 0.6 is 0 Å². The van der Waals surface area contributed by atoms with Crippen molar-refractivity contribution in [2.24, 2.45) is 0 Å². The third-order valence-electron chi connectivity index (χ3n) is 2.56. The molecule has 1 heterocycles. The molecule has 1 aromatic carbocycles. The van der Waals surface area contributed by atoms with Gasteiger partial charge in [0.25, 0.3) is 0 Å². The largest absolute Gasteiger partial charge is 0.367 e. The van der Waals surface area contributed by atoms with Crippen molar-refractivity contribution in [3.63, 3.8) is 0 Å². The van der Waals surface area contributed by atoms with E-state index in [1.165, 1.54) is 0 Å². The topological polar surface area (TPSA) is 91.0 Å². The number of amides is 1. The van der Waals surface area contributed by atoms with Crippen LogP contribution in [0.2, 0.25) is 0 Å². The molecule has 0 spiro atoms. The van der Waals surface area contributed by atoms with Crippen LogP contribution in [-0.4, -0.2) is 17.6 Å². The average molecular weight is 270 g/mol.